The number of aryl methyl sites for hydroxylation is 1. The summed E-state index contributed by atoms with van der Waals surface area (Å²) in [5, 5.41) is 3.63. The average Bonchev–Trinajstić information content (AvgIpc) is 2.76. The summed E-state index contributed by atoms with van der Waals surface area (Å²) in [5.74, 6) is -0.643. The van der Waals surface area contributed by atoms with Crippen molar-refractivity contribution in [1.29, 1.82) is 0 Å². The topological polar surface area (TPSA) is 86.8 Å². The van der Waals surface area contributed by atoms with Crippen molar-refractivity contribution in [1.82, 2.24) is 10.2 Å². The van der Waals surface area contributed by atoms with Crippen LogP contribution in [0.2, 0.25) is 10.0 Å². The van der Waals surface area contributed by atoms with E-state index in [2.05, 4.69) is 5.32 Å². The summed E-state index contributed by atoms with van der Waals surface area (Å²) in [5.41, 5.74) is 2.66. The van der Waals surface area contributed by atoms with Crippen LogP contribution in [0.1, 0.15) is 37.5 Å². The van der Waals surface area contributed by atoms with Crippen LogP contribution in [0, 0.1) is 19.8 Å². The van der Waals surface area contributed by atoms with Crippen molar-refractivity contribution in [2.75, 3.05) is 23.7 Å². The molecule has 0 bridgehead atoms. The van der Waals surface area contributed by atoms with Crippen LogP contribution in [0.25, 0.3) is 0 Å². The molecule has 192 valence electrons. The minimum atomic E-state index is -3.80. The van der Waals surface area contributed by atoms with Gasteiger partial charge in [-0.25, -0.2) is 8.42 Å². The first-order valence-electron chi connectivity index (χ1n) is 11.3. The van der Waals surface area contributed by atoms with E-state index in [1.807, 2.05) is 26.8 Å². The lowest BCUT2D eigenvalue weighted by Gasteiger charge is -2.32. The van der Waals surface area contributed by atoms with Gasteiger partial charge in [0.1, 0.15) is 12.6 Å². The fraction of sp³-hybridized carbons (Fsp3) is 0.440. The highest BCUT2D eigenvalue weighted by atomic mass is 35.5. The number of nitrogens with one attached hydrogen (secondary N) is 1. The Bertz CT molecular complexity index is 1190. The number of rotatable bonds is 10. The van der Waals surface area contributed by atoms with Crippen molar-refractivity contribution < 1.29 is 18.0 Å². The molecule has 0 aliphatic carbocycles. The number of carbonyl (C=O) groups is 2. The van der Waals surface area contributed by atoms with Gasteiger partial charge in [0.25, 0.3) is 0 Å². The van der Waals surface area contributed by atoms with E-state index in [1.54, 1.807) is 44.2 Å². The van der Waals surface area contributed by atoms with Crippen molar-refractivity contribution >= 4 is 50.7 Å². The monoisotopic (exact) mass is 541 g/mol. The second kappa shape index (κ2) is 12.1. The largest absolute Gasteiger partial charge is 0.354 e. The zero-order valence-electron chi connectivity index (χ0n) is 20.9. The van der Waals surface area contributed by atoms with Gasteiger partial charge in [-0.05, 0) is 61.6 Å². The number of amides is 2. The SMILES string of the molecule is Cc1cccc(N(CC(=O)N(Cc2ccc(Cl)cc2Cl)[C@@H](C)C(=O)NCC(C)C)S(C)(=O)=O)c1C. The van der Waals surface area contributed by atoms with Gasteiger partial charge in [0.05, 0.1) is 11.9 Å². The molecule has 0 aliphatic heterocycles. The molecule has 7 nitrogen and oxygen atoms in total. The second-order valence-electron chi connectivity index (χ2n) is 9.06. The lowest BCUT2D eigenvalue weighted by Crippen LogP contribution is -2.51. The molecule has 1 N–H and O–H groups in total. The van der Waals surface area contributed by atoms with Crippen LogP contribution in [-0.2, 0) is 26.2 Å². The first kappa shape index (κ1) is 28.9. The summed E-state index contributed by atoms with van der Waals surface area (Å²) in [4.78, 5) is 27.8. The number of sulfonamides is 1. The molecule has 0 saturated heterocycles. The van der Waals surface area contributed by atoms with E-state index < -0.39 is 28.5 Å². The molecule has 0 unspecified atom stereocenters. The lowest BCUT2D eigenvalue weighted by atomic mass is 10.1. The zero-order valence-corrected chi connectivity index (χ0v) is 23.3. The maximum absolute atomic E-state index is 13.6. The van der Waals surface area contributed by atoms with Gasteiger partial charge < -0.3 is 10.2 Å². The van der Waals surface area contributed by atoms with E-state index in [0.717, 1.165) is 21.7 Å². The van der Waals surface area contributed by atoms with Crippen molar-refractivity contribution in [2.24, 2.45) is 5.92 Å². The number of hydrogen-bond donors (Lipinski definition) is 1. The molecule has 1 atom stereocenters. The summed E-state index contributed by atoms with van der Waals surface area (Å²) in [6.45, 7) is 9.22. The van der Waals surface area contributed by atoms with E-state index >= 15 is 0 Å². The predicted octanol–water partition coefficient (Wildman–Crippen LogP) is 4.57. The first-order valence-corrected chi connectivity index (χ1v) is 13.9. The zero-order chi connectivity index (χ0) is 26.5. The van der Waals surface area contributed by atoms with Crippen LogP contribution in [0.15, 0.2) is 36.4 Å². The molecule has 2 aromatic rings. The highest BCUT2D eigenvalue weighted by Gasteiger charge is 2.31. The molecular weight excluding hydrogens is 509 g/mol. The summed E-state index contributed by atoms with van der Waals surface area (Å²) < 4.78 is 26.5. The van der Waals surface area contributed by atoms with E-state index in [0.29, 0.717) is 27.8 Å². The molecule has 0 aromatic heterocycles. The molecule has 0 fully saturated rings. The van der Waals surface area contributed by atoms with E-state index in [4.69, 9.17) is 23.2 Å². The van der Waals surface area contributed by atoms with Crippen molar-refractivity contribution in [3.05, 3.63) is 63.1 Å². The van der Waals surface area contributed by atoms with Gasteiger partial charge >= 0.3 is 0 Å². The highest BCUT2D eigenvalue weighted by Crippen LogP contribution is 2.27. The maximum Gasteiger partial charge on any atom is 0.244 e. The van der Waals surface area contributed by atoms with Crippen LogP contribution in [0.4, 0.5) is 5.69 Å². The molecule has 0 heterocycles. The molecule has 2 rings (SSSR count). The van der Waals surface area contributed by atoms with E-state index in [-0.39, 0.29) is 18.4 Å². The third kappa shape index (κ3) is 7.85. The average molecular weight is 543 g/mol. The standard InChI is InChI=1S/C25H33Cl2N3O4S/c1-16(2)13-28-25(32)19(5)29(14-20-10-11-21(26)12-22(20)27)24(31)15-30(35(6,33)34)23-9-7-8-17(3)18(23)4/h7-12,16,19H,13-15H2,1-6H3,(H,28,32)/t19-/m0/s1. The van der Waals surface area contributed by atoms with Gasteiger partial charge in [-0.15, -0.1) is 0 Å². The van der Waals surface area contributed by atoms with Gasteiger partial charge in [-0.3, -0.25) is 13.9 Å². The van der Waals surface area contributed by atoms with Crippen LogP contribution < -0.4 is 9.62 Å². The minimum absolute atomic E-state index is 0.00943. The Kier molecular flexibility index (Phi) is 10.0. The number of hydrogen-bond acceptors (Lipinski definition) is 4. The third-order valence-corrected chi connectivity index (χ3v) is 7.44. The number of anilines is 1. The normalized spacial score (nSPS) is 12.4. The van der Waals surface area contributed by atoms with E-state index in [9.17, 15) is 18.0 Å². The summed E-state index contributed by atoms with van der Waals surface area (Å²) in [6, 6.07) is 9.30. The Morgan fingerprint density at radius 2 is 1.71 bits per heavy atom. The van der Waals surface area contributed by atoms with Crippen LogP contribution >= 0.6 is 23.2 Å². The first-order chi connectivity index (χ1) is 16.2. The summed E-state index contributed by atoms with van der Waals surface area (Å²) >= 11 is 12.4. The van der Waals surface area contributed by atoms with E-state index in [1.165, 1.54) is 4.90 Å². The summed E-state index contributed by atoms with van der Waals surface area (Å²) in [6.07, 6.45) is 1.06. The fourth-order valence-corrected chi connectivity index (χ4v) is 4.84. The Morgan fingerprint density at radius 1 is 1.06 bits per heavy atom. The molecule has 2 aromatic carbocycles. The van der Waals surface area contributed by atoms with Crippen LogP contribution in [-0.4, -0.2) is 50.5 Å². The fourth-order valence-electron chi connectivity index (χ4n) is 3.47. The van der Waals surface area contributed by atoms with Crippen molar-refractivity contribution in [3.8, 4) is 0 Å². The quantitative estimate of drug-likeness (QED) is 0.477. The Morgan fingerprint density at radius 3 is 2.29 bits per heavy atom. The van der Waals surface area contributed by atoms with Gasteiger partial charge in [0.15, 0.2) is 0 Å². The second-order valence-corrected chi connectivity index (χ2v) is 11.8. The Balaban J connectivity index is 2.45. The molecule has 10 heteroatoms. The number of carbonyl (C=O) groups excluding carboxylic acids is 2. The van der Waals surface area contributed by atoms with Crippen LogP contribution in [0.3, 0.4) is 0 Å². The Hall–Kier alpha value is -2.29. The molecule has 0 aliphatic rings. The maximum atomic E-state index is 13.6. The minimum Gasteiger partial charge on any atom is -0.354 e. The van der Waals surface area contributed by atoms with Gasteiger partial charge in [-0.1, -0.05) is 55.2 Å². The molecule has 2 amide bonds. The lowest BCUT2D eigenvalue weighted by molar-refractivity contribution is -0.139. The number of halogens is 2. The molecule has 35 heavy (non-hydrogen) atoms. The molecular formula is C25H33Cl2N3O4S. The Labute approximate surface area is 218 Å². The highest BCUT2D eigenvalue weighted by molar-refractivity contribution is 7.92. The van der Waals surface area contributed by atoms with Crippen molar-refractivity contribution in [2.45, 2.75) is 47.2 Å². The smallest absolute Gasteiger partial charge is 0.244 e. The van der Waals surface area contributed by atoms with Gasteiger partial charge in [0, 0.05) is 23.1 Å². The summed E-state index contributed by atoms with van der Waals surface area (Å²) in [7, 11) is -3.80. The van der Waals surface area contributed by atoms with Gasteiger partial charge in [0.2, 0.25) is 21.8 Å². The molecule has 0 spiro atoms. The van der Waals surface area contributed by atoms with Crippen molar-refractivity contribution in [3.63, 3.8) is 0 Å². The van der Waals surface area contributed by atoms with Crippen LogP contribution in [0.5, 0.6) is 0 Å². The third-order valence-electron chi connectivity index (χ3n) is 5.73. The molecule has 0 saturated carbocycles. The van der Waals surface area contributed by atoms with Gasteiger partial charge in [-0.2, -0.15) is 0 Å². The molecule has 0 radical (unpaired) electrons. The predicted molar refractivity (Wildman–Crippen MR) is 142 cm³/mol. The number of benzene rings is 2. The number of nitrogens with zero attached hydrogens (tertiary/aromatic N) is 2.